The van der Waals surface area contributed by atoms with Gasteiger partial charge in [-0.1, -0.05) is 0 Å². The first kappa shape index (κ1) is 14.4. The molecule has 0 fully saturated rings. The maximum Gasteiger partial charge on any atom is 0.338 e. The Morgan fingerprint density at radius 2 is 2.05 bits per heavy atom. The number of methoxy groups -OCH3 is 1. The van der Waals surface area contributed by atoms with Crippen LogP contribution >= 0.6 is 0 Å². The second-order valence-electron chi connectivity index (χ2n) is 4.03. The fraction of sp³-hybridized carbons (Fsp3) is 0.0714. The van der Waals surface area contributed by atoms with Crippen LogP contribution in [0.25, 0.3) is 0 Å². The Bertz CT molecular complexity index is 703. The zero-order chi connectivity index (χ0) is 15.4. The number of carbonyl (C=O) groups excluding carboxylic acids is 1. The molecular weight excluding hydrogens is 279 g/mol. The fourth-order valence-corrected chi connectivity index (χ4v) is 1.69. The number of carboxylic acid groups (broad SMARTS) is 1. The molecule has 2 N–H and O–H groups in total. The molecule has 6 nitrogen and oxygen atoms in total. The summed E-state index contributed by atoms with van der Waals surface area (Å²) in [7, 11) is 1.40. The number of carbonyl (C=O) groups is 2. The topological polar surface area (TPSA) is 88.5 Å². The highest BCUT2D eigenvalue weighted by Gasteiger charge is 2.14. The van der Waals surface area contributed by atoms with Gasteiger partial charge >= 0.3 is 5.97 Å². The van der Waals surface area contributed by atoms with Crippen LogP contribution in [0.4, 0.5) is 10.1 Å². The monoisotopic (exact) mass is 290 g/mol. The molecule has 0 saturated carbocycles. The van der Waals surface area contributed by atoms with Gasteiger partial charge in [-0.3, -0.25) is 9.78 Å². The van der Waals surface area contributed by atoms with Crippen molar-refractivity contribution in [2.45, 2.75) is 0 Å². The SMILES string of the molecule is COc1cnccc1C(=O)Nc1ccc(C(=O)O)c(F)c1. The normalized spacial score (nSPS) is 10.0. The Labute approximate surface area is 119 Å². The summed E-state index contributed by atoms with van der Waals surface area (Å²) < 4.78 is 18.5. The third-order valence-electron chi connectivity index (χ3n) is 2.71. The molecule has 0 unspecified atom stereocenters. The van der Waals surface area contributed by atoms with E-state index in [0.717, 1.165) is 12.1 Å². The maximum absolute atomic E-state index is 13.5. The van der Waals surface area contributed by atoms with Crippen LogP contribution in [0.3, 0.4) is 0 Å². The number of halogens is 1. The summed E-state index contributed by atoms with van der Waals surface area (Å²) in [6.07, 6.45) is 2.80. The molecule has 0 radical (unpaired) electrons. The van der Waals surface area contributed by atoms with Crippen LogP contribution in [-0.4, -0.2) is 29.1 Å². The number of ether oxygens (including phenoxy) is 1. The molecule has 0 spiro atoms. The Hall–Kier alpha value is -2.96. The lowest BCUT2D eigenvalue weighted by Gasteiger charge is -2.09. The number of aromatic nitrogens is 1. The number of amides is 1. The second-order valence-corrected chi connectivity index (χ2v) is 4.03. The van der Waals surface area contributed by atoms with Gasteiger partial charge in [-0.05, 0) is 24.3 Å². The minimum Gasteiger partial charge on any atom is -0.494 e. The van der Waals surface area contributed by atoms with E-state index in [-0.39, 0.29) is 17.0 Å². The van der Waals surface area contributed by atoms with E-state index in [0.29, 0.717) is 0 Å². The zero-order valence-corrected chi connectivity index (χ0v) is 11.0. The average molecular weight is 290 g/mol. The smallest absolute Gasteiger partial charge is 0.338 e. The lowest BCUT2D eigenvalue weighted by molar-refractivity contribution is 0.0692. The summed E-state index contributed by atoms with van der Waals surface area (Å²) in [5, 5.41) is 11.2. The van der Waals surface area contributed by atoms with Crippen LogP contribution in [0.2, 0.25) is 0 Å². The Morgan fingerprint density at radius 3 is 2.67 bits per heavy atom. The quantitative estimate of drug-likeness (QED) is 0.901. The van der Waals surface area contributed by atoms with Crippen LogP contribution in [-0.2, 0) is 0 Å². The first-order valence-electron chi connectivity index (χ1n) is 5.85. The van der Waals surface area contributed by atoms with Crippen molar-refractivity contribution in [3.8, 4) is 5.75 Å². The van der Waals surface area contributed by atoms with Gasteiger partial charge in [0.1, 0.15) is 11.6 Å². The van der Waals surface area contributed by atoms with Gasteiger partial charge < -0.3 is 15.2 Å². The standard InChI is InChI=1S/C14H11FN2O4/c1-21-12-7-16-5-4-10(12)13(18)17-8-2-3-9(14(19)20)11(15)6-8/h2-7H,1H3,(H,17,18)(H,19,20). The van der Waals surface area contributed by atoms with Crippen molar-refractivity contribution in [2.24, 2.45) is 0 Å². The van der Waals surface area contributed by atoms with Gasteiger partial charge in [0.15, 0.2) is 0 Å². The molecule has 1 amide bonds. The molecule has 0 bridgehead atoms. The Kier molecular flexibility index (Phi) is 4.13. The molecule has 21 heavy (non-hydrogen) atoms. The number of hydrogen-bond donors (Lipinski definition) is 2. The predicted molar refractivity (Wildman–Crippen MR) is 72.1 cm³/mol. The molecule has 0 aliphatic carbocycles. The average Bonchev–Trinajstić information content (AvgIpc) is 2.46. The van der Waals surface area contributed by atoms with Crippen molar-refractivity contribution < 1.29 is 23.8 Å². The second kappa shape index (κ2) is 6.00. The molecule has 1 aromatic heterocycles. The molecule has 0 aliphatic heterocycles. The highest BCUT2D eigenvalue weighted by molar-refractivity contribution is 6.06. The summed E-state index contributed by atoms with van der Waals surface area (Å²) in [4.78, 5) is 26.6. The van der Waals surface area contributed by atoms with Crippen LogP contribution in [0, 0.1) is 5.82 Å². The molecular formula is C14H11FN2O4. The van der Waals surface area contributed by atoms with Gasteiger partial charge in [0.2, 0.25) is 0 Å². The number of nitrogens with zero attached hydrogens (tertiary/aromatic N) is 1. The third-order valence-corrected chi connectivity index (χ3v) is 2.71. The summed E-state index contributed by atoms with van der Waals surface area (Å²) in [5.74, 6) is -2.54. The summed E-state index contributed by atoms with van der Waals surface area (Å²) >= 11 is 0. The van der Waals surface area contributed by atoms with Crippen molar-refractivity contribution in [2.75, 3.05) is 12.4 Å². The van der Waals surface area contributed by atoms with E-state index in [1.165, 1.54) is 31.6 Å². The van der Waals surface area contributed by atoms with E-state index in [9.17, 15) is 14.0 Å². The fourth-order valence-electron chi connectivity index (χ4n) is 1.69. The summed E-state index contributed by atoms with van der Waals surface area (Å²) in [6.45, 7) is 0. The molecule has 0 atom stereocenters. The molecule has 108 valence electrons. The van der Waals surface area contributed by atoms with Gasteiger partial charge in [-0.2, -0.15) is 0 Å². The van der Waals surface area contributed by atoms with E-state index in [1.54, 1.807) is 0 Å². The molecule has 1 aromatic carbocycles. The first-order valence-corrected chi connectivity index (χ1v) is 5.85. The summed E-state index contributed by atoms with van der Waals surface area (Å²) in [6, 6.07) is 4.78. The van der Waals surface area contributed by atoms with Crippen molar-refractivity contribution in [3.05, 3.63) is 53.6 Å². The predicted octanol–water partition coefficient (Wildman–Crippen LogP) is 2.18. The minimum absolute atomic E-state index is 0.140. The van der Waals surface area contributed by atoms with Crippen LogP contribution in [0.5, 0.6) is 5.75 Å². The lowest BCUT2D eigenvalue weighted by atomic mass is 10.2. The van der Waals surface area contributed by atoms with E-state index in [2.05, 4.69) is 10.3 Å². The Balaban J connectivity index is 2.24. The maximum atomic E-state index is 13.5. The van der Waals surface area contributed by atoms with E-state index >= 15 is 0 Å². The van der Waals surface area contributed by atoms with Crippen molar-refractivity contribution in [1.82, 2.24) is 4.98 Å². The highest BCUT2D eigenvalue weighted by atomic mass is 19.1. The molecule has 7 heteroatoms. The number of nitrogens with one attached hydrogen (secondary N) is 1. The number of benzene rings is 1. The van der Waals surface area contributed by atoms with Gasteiger partial charge in [0, 0.05) is 11.9 Å². The zero-order valence-electron chi connectivity index (χ0n) is 11.0. The molecule has 1 heterocycles. The van der Waals surface area contributed by atoms with Crippen LogP contribution in [0.1, 0.15) is 20.7 Å². The number of rotatable bonds is 4. The molecule has 2 aromatic rings. The van der Waals surface area contributed by atoms with Gasteiger partial charge in [0.25, 0.3) is 5.91 Å². The molecule has 0 aliphatic rings. The van der Waals surface area contributed by atoms with Crippen LogP contribution in [0.15, 0.2) is 36.7 Å². The molecule has 0 saturated heterocycles. The largest absolute Gasteiger partial charge is 0.494 e. The number of hydrogen-bond acceptors (Lipinski definition) is 4. The van der Waals surface area contributed by atoms with Crippen LogP contribution < -0.4 is 10.1 Å². The third kappa shape index (κ3) is 3.14. The Morgan fingerprint density at radius 1 is 1.29 bits per heavy atom. The van der Waals surface area contributed by atoms with Crippen molar-refractivity contribution in [1.29, 1.82) is 0 Å². The lowest BCUT2D eigenvalue weighted by Crippen LogP contribution is -2.14. The van der Waals surface area contributed by atoms with Crippen molar-refractivity contribution >= 4 is 17.6 Å². The van der Waals surface area contributed by atoms with Gasteiger partial charge in [0.05, 0.1) is 24.4 Å². The number of aromatic carboxylic acids is 1. The van der Waals surface area contributed by atoms with Gasteiger partial charge in [-0.25, -0.2) is 9.18 Å². The van der Waals surface area contributed by atoms with Crippen molar-refractivity contribution in [3.63, 3.8) is 0 Å². The highest BCUT2D eigenvalue weighted by Crippen LogP contribution is 2.19. The first-order chi connectivity index (χ1) is 10.0. The number of carboxylic acids is 1. The van der Waals surface area contributed by atoms with E-state index < -0.39 is 23.3 Å². The van der Waals surface area contributed by atoms with E-state index in [4.69, 9.17) is 9.84 Å². The number of pyridine rings is 1. The molecule has 2 rings (SSSR count). The van der Waals surface area contributed by atoms with E-state index in [1.807, 2.05) is 0 Å². The number of anilines is 1. The van der Waals surface area contributed by atoms with Gasteiger partial charge in [-0.15, -0.1) is 0 Å². The summed E-state index contributed by atoms with van der Waals surface area (Å²) in [5.41, 5.74) is -0.0916. The minimum atomic E-state index is -1.37.